The Labute approximate surface area is 104 Å². The Balaban J connectivity index is 2.26. The Morgan fingerprint density at radius 3 is 2.47 bits per heavy atom. The Morgan fingerprint density at radius 2 is 1.82 bits per heavy atom. The predicted octanol–water partition coefficient (Wildman–Crippen LogP) is 3.73. The first-order valence-corrected chi connectivity index (χ1v) is 5.49. The van der Waals surface area contributed by atoms with Crippen molar-refractivity contribution in [2.24, 2.45) is 5.73 Å². The fourth-order valence-corrected chi connectivity index (χ4v) is 1.56. The summed E-state index contributed by atoms with van der Waals surface area (Å²) in [4.78, 5) is 0. The Bertz CT molecular complexity index is 513. The molecule has 0 aliphatic rings. The summed E-state index contributed by atoms with van der Waals surface area (Å²) in [5.41, 5.74) is 6.15. The van der Waals surface area contributed by atoms with Crippen LogP contribution in [0.3, 0.4) is 0 Å². The molecule has 0 aromatic heterocycles. The van der Waals surface area contributed by atoms with Crippen LogP contribution < -0.4 is 10.5 Å². The molecule has 0 atom stereocenters. The van der Waals surface area contributed by atoms with Gasteiger partial charge in [-0.2, -0.15) is 0 Å². The van der Waals surface area contributed by atoms with Crippen LogP contribution in [0.5, 0.6) is 11.5 Å². The third kappa shape index (κ3) is 2.96. The maximum Gasteiger partial charge on any atom is 0.132 e. The van der Waals surface area contributed by atoms with Gasteiger partial charge in [-0.3, -0.25) is 0 Å². The fourth-order valence-electron chi connectivity index (χ4n) is 1.44. The molecule has 0 unspecified atom stereocenters. The van der Waals surface area contributed by atoms with Gasteiger partial charge in [0.2, 0.25) is 0 Å². The minimum atomic E-state index is -0.325. The molecule has 0 radical (unpaired) electrons. The number of rotatable bonds is 3. The first-order chi connectivity index (χ1) is 8.19. The first kappa shape index (κ1) is 11.9. The lowest BCUT2D eigenvalue weighted by atomic mass is 10.2. The molecule has 2 aromatic rings. The van der Waals surface area contributed by atoms with Gasteiger partial charge in [-0.15, -0.1) is 0 Å². The van der Waals surface area contributed by atoms with Gasteiger partial charge in [0.15, 0.2) is 0 Å². The largest absolute Gasteiger partial charge is 0.457 e. The molecule has 0 saturated heterocycles. The van der Waals surface area contributed by atoms with Gasteiger partial charge in [0.25, 0.3) is 0 Å². The van der Waals surface area contributed by atoms with E-state index in [1.54, 1.807) is 30.3 Å². The van der Waals surface area contributed by atoms with Crippen LogP contribution in [0.4, 0.5) is 4.39 Å². The molecular formula is C13H11ClFNO. The van der Waals surface area contributed by atoms with Crippen LogP contribution in [0.2, 0.25) is 5.02 Å². The molecule has 0 bridgehead atoms. The van der Waals surface area contributed by atoms with Crippen LogP contribution in [0.15, 0.2) is 42.5 Å². The maximum atomic E-state index is 13.0. The van der Waals surface area contributed by atoms with Gasteiger partial charge in [-0.05, 0) is 42.5 Å². The molecule has 2 aromatic carbocycles. The van der Waals surface area contributed by atoms with Crippen molar-refractivity contribution in [2.45, 2.75) is 6.54 Å². The van der Waals surface area contributed by atoms with Crippen molar-refractivity contribution >= 4 is 11.6 Å². The minimum absolute atomic E-state index is 0.223. The van der Waals surface area contributed by atoms with E-state index < -0.39 is 0 Å². The smallest absolute Gasteiger partial charge is 0.132 e. The van der Waals surface area contributed by atoms with Gasteiger partial charge in [-0.1, -0.05) is 11.6 Å². The standard InChI is InChI=1S/C13H11ClFNO/c14-10-1-4-12(5-2-10)17-13-6-3-11(15)7-9(13)8-16/h1-7H,8,16H2. The second-order valence-electron chi connectivity index (χ2n) is 3.51. The van der Waals surface area contributed by atoms with Crippen LogP contribution in [0, 0.1) is 5.82 Å². The summed E-state index contributed by atoms with van der Waals surface area (Å²) in [5, 5.41) is 0.635. The molecular weight excluding hydrogens is 241 g/mol. The Kier molecular flexibility index (Phi) is 3.61. The number of nitrogens with two attached hydrogens (primary N) is 1. The van der Waals surface area contributed by atoms with E-state index in [4.69, 9.17) is 22.1 Å². The monoisotopic (exact) mass is 251 g/mol. The fraction of sp³-hybridized carbons (Fsp3) is 0.0769. The molecule has 0 aliphatic carbocycles. The molecule has 0 amide bonds. The molecule has 2 rings (SSSR count). The number of hydrogen-bond acceptors (Lipinski definition) is 2. The van der Waals surface area contributed by atoms with Gasteiger partial charge in [0, 0.05) is 17.1 Å². The number of benzene rings is 2. The van der Waals surface area contributed by atoms with Crippen LogP contribution in [-0.2, 0) is 6.54 Å². The van der Waals surface area contributed by atoms with Gasteiger partial charge >= 0.3 is 0 Å². The van der Waals surface area contributed by atoms with Crippen LogP contribution in [-0.4, -0.2) is 0 Å². The average molecular weight is 252 g/mol. The molecule has 17 heavy (non-hydrogen) atoms. The van der Waals surface area contributed by atoms with Crippen LogP contribution in [0.1, 0.15) is 5.56 Å². The van der Waals surface area contributed by atoms with Crippen LogP contribution >= 0.6 is 11.6 Å². The molecule has 4 heteroatoms. The van der Waals surface area contributed by atoms with Crippen molar-refractivity contribution in [1.29, 1.82) is 0 Å². The van der Waals surface area contributed by atoms with E-state index >= 15 is 0 Å². The van der Waals surface area contributed by atoms with Gasteiger partial charge < -0.3 is 10.5 Å². The van der Waals surface area contributed by atoms with Crippen LogP contribution in [0.25, 0.3) is 0 Å². The lowest BCUT2D eigenvalue weighted by molar-refractivity contribution is 0.474. The Morgan fingerprint density at radius 1 is 1.12 bits per heavy atom. The van der Waals surface area contributed by atoms with E-state index in [9.17, 15) is 4.39 Å². The zero-order valence-corrected chi connectivity index (χ0v) is 9.75. The third-order valence-corrected chi connectivity index (χ3v) is 2.54. The lowest BCUT2D eigenvalue weighted by Gasteiger charge is -2.10. The van der Waals surface area contributed by atoms with Gasteiger partial charge in [-0.25, -0.2) is 4.39 Å². The minimum Gasteiger partial charge on any atom is -0.457 e. The second-order valence-corrected chi connectivity index (χ2v) is 3.95. The average Bonchev–Trinajstić information content (AvgIpc) is 2.34. The summed E-state index contributed by atoms with van der Waals surface area (Å²) in [5.74, 6) is 0.862. The van der Waals surface area contributed by atoms with Crippen molar-refractivity contribution in [2.75, 3.05) is 0 Å². The summed E-state index contributed by atoms with van der Waals surface area (Å²) in [7, 11) is 0. The predicted molar refractivity (Wildman–Crippen MR) is 65.8 cm³/mol. The van der Waals surface area contributed by atoms with Crippen molar-refractivity contribution in [1.82, 2.24) is 0 Å². The van der Waals surface area contributed by atoms with E-state index in [1.807, 2.05) is 0 Å². The zero-order chi connectivity index (χ0) is 12.3. The highest BCUT2D eigenvalue weighted by Gasteiger charge is 2.05. The Hall–Kier alpha value is -1.58. The van der Waals surface area contributed by atoms with E-state index in [1.165, 1.54) is 12.1 Å². The summed E-state index contributed by atoms with van der Waals surface area (Å²) in [6.07, 6.45) is 0. The second kappa shape index (κ2) is 5.17. The molecule has 0 saturated carbocycles. The first-order valence-electron chi connectivity index (χ1n) is 5.11. The highest BCUT2D eigenvalue weighted by molar-refractivity contribution is 6.30. The number of halogens is 2. The maximum absolute atomic E-state index is 13.0. The van der Waals surface area contributed by atoms with E-state index in [-0.39, 0.29) is 12.4 Å². The lowest BCUT2D eigenvalue weighted by Crippen LogP contribution is -2.00. The molecule has 2 N–H and O–H groups in total. The summed E-state index contributed by atoms with van der Waals surface area (Å²) < 4.78 is 18.6. The quantitative estimate of drug-likeness (QED) is 0.902. The molecule has 0 heterocycles. The highest BCUT2D eigenvalue weighted by atomic mass is 35.5. The topological polar surface area (TPSA) is 35.2 Å². The van der Waals surface area contributed by atoms with Gasteiger partial charge in [0.05, 0.1) is 0 Å². The molecule has 88 valence electrons. The normalized spacial score (nSPS) is 10.3. The summed E-state index contributed by atoms with van der Waals surface area (Å²) >= 11 is 5.77. The van der Waals surface area contributed by atoms with Crippen molar-refractivity contribution in [3.63, 3.8) is 0 Å². The summed E-state index contributed by atoms with van der Waals surface area (Å²) in [6, 6.07) is 11.2. The van der Waals surface area contributed by atoms with Crippen molar-refractivity contribution < 1.29 is 9.13 Å². The SMILES string of the molecule is NCc1cc(F)ccc1Oc1ccc(Cl)cc1. The van der Waals surface area contributed by atoms with Gasteiger partial charge in [0.1, 0.15) is 17.3 Å². The molecule has 2 nitrogen and oxygen atoms in total. The van der Waals surface area contributed by atoms with E-state index in [0.29, 0.717) is 22.1 Å². The number of hydrogen-bond donors (Lipinski definition) is 1. The summed E-state index contributed by atoms with van der Waals surface area (Å²) in [6.45, 7) is 0.223. The number of ether oxygens (including phenoxy) is 1. The van der Waals surface area contributed by atoms with E-state index in [0.717, 1.165) is 0 Å². The third-order valence-electron chi connectivity index (χ3n) is 2.28. The molecule has 0 spiro atoms. The van der Waals surface area contributed by atoms with Crippen molar-refractivity contribution in [3.8, 4) is 11.5 Å². The highest BCUT2D eigenvalue weighted by Crippen LogP contribution is 2.26. The molecule has 0 aliphatic heterocycles. The van der Waals surface area contributed by atoms with Crippen molar-refractivity contribution in [3.05, 3.63) is 58.9 Å². The van der Waals surface area contributed by atoms with E-state index in [2.05, 4.69) is 0 Å². The zero-order valence-electron chi connectivity index (χ0n) is 8.99. The molecule has 0 fully saturated rings.